The lowest BCUT2D eigenvalue weighted by Gasteiger charge is -2.17. The molecule has 0 spiro atoms. The largest absolute Gasteiger partial charge is 0.497 e. The Labute approximate surface area is 212 Å². The Bertz CT molecular complexity index is 1500. The number of hydrogen-bond donors (Lipinski definition) is 3. The van der Waals surface area contributed by atoms with E-state index >= 15 is 0 Å². The van der Waals surface area contributed by atoms with Crippen molar-refractivity contribution < 1.29 is 29.1 Å². The number of benzene rings is 2. The summed E-state index contributed by atoms with van der Waals surface area (Å²) < 4.78 is 10.7. The quantitative estimate of drug-likeness (QED) is 0.343. The van der Waals surface area contributed by atoms with Crippen molar-refractivity contribution in [1.29, 1.82) is 0 Å². The summed E-state index contributed by atoms with van der Waals surface area (Å²) in [5, 5.41) is 23.1. The van der Waals surface area contributed by atoms with Crippen molar-refractivity contribution in [3.05, 3.63) is 83.3 Å². The molecule has 0 bridgehead atoms. The van der Waals surface area contributed by atoms with Gasteiger partial charge in [0.2, 0.25) is 0 Å². The molecule has 0 saturated heterocycles. The van der Waals surface area contributed by atoms with E-state index in [1.165, 1.54) is 38.5 Å². The Hall–Kier alpha value is -4.48. The standard InChI is InChI=1S/C26H23BN4O6/c1-36-20-3-4-21-22(10-20)30-23(11-24(21)37-2)25(32)29-19-8-16(7-18(9-19)27(34)35)26(33)31-13-15-5-6-28-12-17(15)14-31/h3-12,34-35H,13-14H2,1-2H3,(H,29,32). The Kier molecular flexibility index (Phi) is 6.47. The Morgan fingerprint density at radius 3 is 2.54 bits per heavy atom. The van der Waals surface area contributed by atoms with E-state index in [-0.39, 0.29) is 28.3 Å². The van der Waals surface area contributed by atoms with Gasteiger partial charge in [0.15, 0.2) is 0 Å². The predicted octanol–water partition coefficient (Wildman–Crippen LogP) is 1.74. The highest BCUT2D eigenvalue weighted by Crippen LogP contribution is 2.29. The van der Waals surface area contributed by atoms with Crippen molar-refractivity contribution in [3.8, 4) is 11.5 Å². The molecule has 2 amide bonds. The number of ether oxygens (including phenoxy) is 2. The molecule has 0 radical (unpaired) electrons. The molecule has 0 fully saturated rings. The fourth-order valence-corrected chi connectivity index (χ4v) is 4.33. The third-order valence-corrected chi connectivity index (χ3v) is 6.20. The van der Waals surface area contributed by atoms with Crippen LogP contribution in [-0.2, 0) is 13.1 Å². The van der Waals surface area contributed by atoms with Crippen LogP contribution in [0.25, 0.3) is 10.9 Å². The summed E-state index contributed by atoms with van der Waals surface area (Å²) in [5.74, 6) is 0.154. The van der Waals surface area contributed by atoms with Crippen LogP contribution < -0.4 is 20.3 Å². The molecule has 186 valence electrons. The van der Waals surface area contributed by atoms with Crippen LogP contribution in [0.5, 0.6) is 11.5 Å². The average molecular weight is 498 g/mol. The maximum Gasteiger partial charge on any atom is 0.488 e. The van der Waals surface area contributed by atoms with E-state index in [0.717, 1.165) is 11.1 Å². The summed E-state index contributed by atoms with van der Waals surface area (Å²) in [7, 11) is 1.20. The van der Waals surface area contributed by atoms with E-state index in [4.69, 9.17) is 9.47 Å². The SMILES string of the molecule is COc1ccc2c(OC)cc(C(=O)Nc3cc(B(O)O)cc(C(=O)N4Cc5ccncc5C4)c3)nc2c1. The molecule has 0 unspecified atom stereocenters. The predicted molar refractivity (Wildman–Crippen MR) is 137 cm³/mol. The van der Waals surface area contributed by atoms with Gasteiger partial charge in [-0.3, -0.25) is 14.6 Å². The molecule has 3 heterocycles. The second-order valence-corrected chi connectivity index (χ2v) is 8.57. The van der Waals surface area contributed by atoms with Gasteiger partial charge in [-0.2, -0.15) is 0 Å². The summed E-state index contributed by atoms with van der Waals surface area (Å²) >= 11 is 0. The van der Waals surface area contributed by atoms with Crippen molar-refractivity contribution in [2.75, 3.05) is 19.5 Å². The van der Waals surface area contributed by atoms with E-state index in [9.17, 15) is 19.6 Å². The number of amides is 2. The van der Waals surface area contributed by atoms with E-state index in [1.54, 1.807) is 35.5 Å². The van der Waals surface area contributed by atoms with Crippen LogP contribution in [0.3, 0.4) is 0 Å². The molecule has 1 aliphatic rings. The lowest BCUT2D eigenvalue weighted by atomic mass is 9.79. The number of methoxy groups -OCH3 is 2. The van der Waals surface area contributed by atoms with Crippen molar-refractivity contribution in [3.63, 3.8) is 0 Å². The Morgan fingerprint density at radius 1 is 1.00 bits per heavy atom. The highest BCUT2D eigenvalue weighted by atomic mass is 16.5. The van der Waals surface area contributed by atoms with Crippen LogP contribution in [0, 0.1) is 0 Å². The molecule has 10 nitrogen and oxygen atoms in total. The van der Waals surface area contributed by atoms with Gasteiger partial charge in [-0.1, -0.05) is 0 Å². The van der Waals surface area contributed by atoms with Crippen LogP contribution in [0.2, 0.25) is 0 Å². The number of fused-ring (bicyclic) bond motifs is 2. The van der Waals surface area contributed by atoms with Crippen LogP contribution >= 0.6 is 0 Å². The van der Waals surface area contributed by atoms with Crippen molar-refractivity contribution in [1.82, 2.24) is 14.9 Å². The molecule has 4 aromatic rings. The zero-order valence-electron chi connectivity index (χ0n) is 20.1. The van der Waals surface area contributed by atoms with Gasteiger partial charge in [-0.15, -0.1) is 0 Å². The Balaban J connectivity index is 1.45. The fourth-order valence-electron chi connectivity index (χ4n) is 4.33. The monoisotopic (exact) mass is 498 g/mol. The molecule has 5 rings (SSSR count). The normalized spacial score (nSPS) is 12.3. The first-order valence-corrected chi connectivity index (χ1v) is 11.4. The summed E-state index contributed by atoms with van der Waals surface area (Å²) in [5.41, 5.74) is 3.01. The van der Waals surface area contributed by atoms with Crippen LogP contribution in [-0.4, -0.2) is 58.1 Å². The van der Waals surface area contributed by atoms with Gasteiger partial charge in [-0.05, 0) is 53.0 Å². The van der Waals surface area contributed by atoms with Gasteiger partial charge >= 0.3 is 7.12 Å². The number of hydrogen-bond acceptors (Lipinski definition) is 8. The molecular weight excluding hydrogens is 475 g/mol. The fraction of sp³-hybridized carbons (Fsp3) is 0.154. The molecule has 0 saturated carbocycles. The van der Waals surface area contributed by atoms with E-state index < -0.39 is 13.0 Å². The average Bonchev–Trinajstić information content (AvgIpc) is 3.35. The smallest absolute Gasteiger partial charge is 0.488 e. The first-order valence-electron chi connectivity index (χ1n) is 11.4. The number of nitrogens with zero attached hydrogens (tertiary/aromatic N) is 3. The van der Waals surface area contributed by atoms with Gasteiger partial charge in [0, 0.05) is 54.3 Å². The van der Waals surface area contributed by atoms with Gasteiger partial charge in [0.25, 0.3) is 11.8 Å². The maximum atomic E-state index is 13.3. The van der Waals surface area contributed by atoms with Gasteiger partial charge in [0.05, 0.1) is 19.7 Å². The molecule has 37 heavy (non-hydrogen) atoms. The highest BCUT2D eigenvalue weighted by molar-refractivity contribution is 6.58. The Morgan fingerprint density at radius 2 is 1.81 bits per heavy atom. The van der Waals surface area contributed by atoms with Crippen LogP contribution in [0.15, 0.2) is 60.9 Å². The van der Waals surface area contributed by atoms with Crippen molar-refractivity contribution >= 4 is 41.0 Å². The van der Waals surface area contributed by atoms with Crippen LogP contribution in [0.1, 0.15) is 32.0 Å². The topological polar surface area (TPSA) is 134 Å². The van der Waals surface area contributed by atoms with E-state index in [0.29, 0.717) is 35.5 Å². The van der Waals surface area contributed by atoms with Gasteiger partial charge < -0.3 is 29.7 Å². The molecule has 2 aromatic heterocycles. The number of carbonyl (C=O) groups excluding carboxylic acids is 2. The molecule has 0 aliphatic carbocycles. The number of anilines is 1. The minimum absolute atomic E-state index is 0.0633. The first kappa shape index (κ1) is 24.2. The molecule has 11 heteroatoms. The molecule has 0 atom stereocenters. The lowest BCUT2D eigenvalue weighted by molar-refractivity contribution is 0.0751. The third-order valence-electron chi connectivity index (χ3n) is 6.20. The van der Waals surface area contributed by atoms with Crippen molar-refractivity contribution in [2.24, 2.45) is 0 Å². The summed E-state index contributed by atoms with van der Waals surface area (Å²) in [4.78, 5) is 36.6. The van der Waals surface area contributed by atoms with Gasteiger partial charge in [0.1, 0.15) is 17.2 Å². The molecule has 1 aliphatic heterocycles. The second kappa shape index (κ2) is 9.88. The number of nitrogens with one attached hydrogen (secondary N) is 1. The third kappa shape index (κ3) is 4.82. The number of aromatic nitrogens is 2. The zero-order valence-corrected chi connectivity index (χ0v) is 20.1. The molecule has 3 N–H and O–H groups in total. The number of rotatable bonds is 6. The minimum Gasteiger partial charge on any atom is -0.497 e. The number of carbonyl (C=O) groups is 2. The summed E-state index contributed by atoms with van der Waals surface area (Å²) in [6.07, 6.45) is 3.40. The highest BCUT2D eigenvalue weighted by Gasteiger charge is 2.26. The maximum absolute atomic E-state index is 13.3. The first-order chi connectivity index (χ1) is 17.9. The van der Waals surface area contributed by atoms with E-state index in [1.807, 2.05) is 6.07 Å². The lowest BCUT2D eigenvalue weighted by Crippen LogP contribution is -2.33. The zero-order chi connectivity index (χ0) is 26.1. The van der Waals surface area contributed by atoms with Crippen molar-refractivity contribution in [2.45, 2.75) is 13.1 Å². The van der Waals surface area contributed by atoms with Crippen LogP contribution in [0.4, 0.5) is 5.69 Å². The number of pyridine rings is 2. The molecule has 2 aromatic carbocycles. The summed E-state index contributed by atoms with van der Waals surface area (Å²) in [6.45, 7) is 0.800. The van der Waals surface area contributed by atoms with Gasteiger partial charge in [-0.25, -0.2) is 4.98 Å². The minimum atomic E-state index is -1.84. The van der Waals surface area contributed by atoms with E-state index in [2.05, 4.69) is 15.3 Å². The second-order valence-electron chi connectivity index (χ2n) is 8.57. The summed E-state index contributed by atoms with van der Waals surface area (Å²) in [6, 6.07) is 12.9. The molecular formula is C26H23BN4O6.